The number of esters is 1. The Bertz CT molecular complexity index is 189. The molecule has 0 amide bonds. The molecule has 0 aliphatic heterocycles. The Labute approximate surface area is 97.0 Å². The number of hydrogen-bond acceptors (Lipinski definition) is 2. The third-order valence-corrected chi connectivity index (χ3v) is 2.49. The van der Waals surface area contributed by atoms with Crippen molar-refractivity contribution in [2.24, 2.45) is 0 Å². The summed E-state index contributed by atoms with van der Waals surface area (Å²) in [5.41, 5.74) is 0. The van der Waals surface area contributed by atoms with Crippen molar-refractivity contribution in [2.45, 2.75) is 31.9 Å². The predicted octanol–water partition coefficient (Wildman–Crippen LogP) is -2.21. The normalized spacial score (nSPS) is 27.1. The smallest absolute Gasteiger partial charge is 0.303 e. The number of likely N-dealkylation sites (N-methyl/N-ethyl adjacent to an activating group) is 1. The molecular weight excluding hydrogens is 281 g/mol. The minimum Gasteiger partial charge on any atom is -1.00 e. The van der Waals surface area contributed by atoms with E-state index in [0.29, 0.717) is 6.04 Å². The van der Waals surface area contributed by atoms with Crippen molar-refractivity contribution in [3.05, 3.63) is 0 Å². The molecular formula is C9H18INO2. The van der Waals surface area contributed by atoms with Crippen LogP contribution in [0.2, 0.25) is 0 Å². The van der Waals surface area contributed by atoms with Crippen LogP contribution in [-0.4, -0.2) is 43.7 Å². The van der Waals surface area contributed by atoms with Crippen LogP contribution in [0.25, 0.3) is 0 Å². The number of hydrogen-bond donors (Lipinski definition) is 0. The topological polar surface area (TPSA) is 26.3 Å². The molecule has 1 aliphatic carbocycles. The van der Waals surface area contributed by atoms with E-state index in [1.54, 1.807) is 0 Å². The lowest BCUT2D eigenvalue weighted by Crippen LogP contribution is -3.00. The number of ether oxygens (including phenoxy) is 1. The molecule has 0 spiro atoms. The fourth-order valence-electron chi connectivity index (χ4n) is 1.69. The first kappa shape index (κ1) is 13.2. The molecule has 13 heavy (non-hydrogen) atoms. The molecule has 1 rings (SSSR count). The molecule has 0 aromatic heterocycles. The zero-order chi connectivity index (χ0) is 9.35. The maximum Gasteiger partial charge on any atom is 0.303 e. The summed E-state index contributed by atoms with van der Waals surface area (Å²) in [6.07, 6.45) is 2.35. The Balaban J connectivity index is 0.00000144. The molecule has 2 atom stereocenters. The fraction of sp³-hybridized carbons (Fsp3) is 0.889. The largest absolute Gasteiger partial charge is 1.00 e. The molecule has 0 aromatic rings. The van der Waals surface area contributed by atoms with E-state index in [0.717, 1.165) is 10.9 Å². The van der Waals surface area contributed by atoms with Crippen molar-refractivity contribution >= 4 is 5.97 Å². The van der Waals surface area contributed by atoms with Crippen LogP contribution in [0.15, 0.2) is 0 Å². The number of quaternary nitrogens is 1. The molecule has 1 fully saturated rings. The Morgan fingerprint density at radius 1 is 1.31 bits per heavy atom. The van der Waals surface area contributed by atoms with Gasteiger partial charge in [0, 0.05) is 13.3 Å². The van der Waals surface area contributed by atoms with Crippen LogP contribution in [0.5, 0.6) is 0 Å². The van der Waals surface area contributed by atoms with Crippen LogP contribution in [0, 0.1) is 0 Å². The predicted molar refractivity (Wildman–Crippen MR) is 46.6 cm³/mol. The molecule has 0 aromatic carbocycles. The van der Waals surface area contributed by atoms with Gasteiger partial charge in [0.2, 0.25) is 0 Å². The Kier molecular flexibility index (Phi) is 4.65. The molecule has 0 bridgehead atoms. The molecule has 0 radical (unpaired) electrons. The second kappa shape index (κ2) is 4.59. The summed E-state index contributed by atoms with van der Waals surface area (Å²) in [5.74, 6) is -0.154. The molecule has 3 nitrogen and oxygen atoms in total. The molecule has 2 unspecified atom stereocenters. The molecule has 1 aliphatic rings. The summed E-state index contributed by atoms with van der Waals surface area (Å²) < 4.78 is 6.06. The summed E-state index contributed by atoms with van der Waals surface area (Å²) in [6, 6.07) is 0.494. The number of halogens is 1. The SMILES string of the molecule is CC(=O)OC1CCC1[N+](C)(C)C.[I-]. The molecule has 1 saturated carbocycles. The van der Waals surface area contributed by atoms with Crippen molar-refractivity contribution in [3.63, 3.8) is 0 Å². The summed E-state index contributed by atoms with van der Waals surface area (Å²) >= 11 is 0. The highest BCUT2D eigenvalue weighted by Gasteiger charge is 2.42. The van der Waals surface area contributed by atoms with Gasteiger partial charge in [-0.05, 0) is 6.42 Å². The van der Waals surface area contributed by atoms with E-state index in [1.165, 1.54) is 13.3 Å². The van der Waals surface area contributed by atoms with Gasteiger partial charge in [0.15, 0.2) is 6.10 Å². The van der Waals surface area contributed by atoms with E-state index < -0.39 is 0 Å². The molecule has 0 heterocycles. The van der Waals surface area contributed by atoms with Crippen LogP contribution in [-0.2, 0) is 9.53 Å². The first-order chi connectivity index (χ1) is 5.41. The lowest BCUT2D eigenvalue weighted by Gasteiger charge is -2.44. The van der Waals surface area contributed by atoms with Crippen LogP contribution < -0.4 is 24.0 Å². The van der Waals surface area contributed by atoms with Gasteiger partial charge in [0.1, 0.15) is 6.04 Å². The van der Waals surface area contributed by atoms with Gasteiger partial charge in [-0.25, -0.2) is 0 Å². The summed E-state index contributed by atoms with van der Waals surface area (Å²) in [7, 11) is 6.42. The number of rotatable bonds is 2. The molecule has 0 saturated heterocycles. The van der Waals surface area contributed by atoms with Crippen LogP contribution in [0.4, 0.5) is 0 Å². The van der Waals surface area contributed by atoms with Crippen molar-refractivity contribution in [1.29, 1.82) is 0 Å². The maximum absolute atomic E-state index is 10.7. The maximum atomic E-state index is 10.7. The minimum absolute atomic E-state index is 0. The number of carbonyl (C=O) groups excluding carboxylic acids is 1. The highest BCUT2D eigenvalue weighted by molar-refractivity contribution is 5.66. The van der Waals surface area contributed by atoms with Crippen molar-refractivity contribution in [3.8, 4) is 0 Å². The quantitative estimate of drug-likeness (QED) is 0.328. The zero-order valence-electron chi connectivity index (χ0n) is 8.71. The second-order valence-electron chi connectivity index (χ2n) is 4.41. The van der Waals surface area contributed by atoms with E-state index in [4.69, 9.17) is 4.74 Å². The molecule has 0 N–H and O–H groups in total. The summed E-state index contributed by atoms with van der Waals surface area (Å²) in [6.45, 7) is 1.48. The monoisotopic (exact) mass is 299 g/mol. The third-order valence-electron chi connectivity index (χ3n) is 2.49. The van der Waals surface area contributed by atoms with Crippen LogP contribution >= 0.6 is 0 Å². The Morgan fingerprint density at radius 3 is 2.08 bits per heavy atom. The summed E-state index contributed by atoms with van der Waals surface area (Å²) in [5, 5.41) is 0. The van der Waals surface area contributed by atoms with Gasteiger partial charge in [-0.15, -0.1) is 0 Å². The average molecular weight is 299 g/mol. The summed E-state index contributed by atoms with van der Waals surface area (Å²) in [4.78, 5) is 10.7. The molecule has 4 heteroatoms. The van der Waals surface area contributed by atoms with Gasteiger partial charge in [-0.3, -0.25) is 4.79 Å². The van der Waals surface area contributed by atoms with E-state index in [-0.39, 0.29) is 36.0 Å². The van der Waals surface area contributed by atoms with Gasteiger partial charge in [0.05, 0.1) is 21.1 Å². The van der Waals surface area contributed by atoms with E-state index in [1.807, 2.05) is 0 Å². The third kappa shape index (κ3) is 3.42. The van der Waals surface area contributed by atoms with E-state index in [2.05, 4.69) is 21.1 Å². The average Bonchev–Trinajstić information content (AvgIpc) is 1.75. The highest BCUT2D eigenvalue weighted by Crippen LogP contribution is 2.30. The second-order valence-corrected chi connectivity index (χ2v) is 4.41. The number of nitrogens with zero attached hydrogens (tertiary/aromatic N) is 1. The van der Waals surface area contributed by atoms with Crippen molar-refractivity contribution in [1.82, 2.24) is 0 Å². The first-order valence-electron chi connectivity index (χ1n) is 4.39. The highest BCUT2D eigenvalue weighted by atomic mass is 127. The minimum atomic E-state index is -0.154. The van der Waals surface area contributed by atoms with Gasteiger partial charge < -0.3 is 33.2 Å². The van der Waals surface area contributed by atoms with Crippen LogP contribution in [0.3, 0.4) is 0 Å². The van der Waals surface area contributed by atoms with Crippen molar-refractivity contribution < 1.29 is 38.0 Å². The van der Waals surface area contributed by atoms with Gasteiger partial charge in [-0.2, -0.15) is 0 Å². The first-order valence-corrected chi connectivity index (χ1v) is 4.39. The lowest BCUT2D eigenvalue weighted by atomic mass is 9.86. The van der Waals surface area contributed by atoms with E-state index >= 15 is 0 Å². The molecule has 78 valence electrons. The zero-order valence-corrected chi connectivity index (χ0v) is 10.9. The van der Waals surface area contributed by atoms with E-state index in [9.17, 15) is 4.79 Å². The fourth-order valence-corrected chi connectivity index (χ4v) is 1.69. The van der Waals surface area contributed by atoms with Crippen molar-refractivity contribution in [2.75, 3.05) is 21.1 Å². The Morgan fingerprint density at radius 2 is 1.85 bits per heavy atom. The Hall–Kier alpha value is 0.160. The standard InChI is InChI=1S/C9H18NO2.HI/c1-7(11)12-9-6-5-8(9)10(2,3)4;/h8-9H,5-6H2,1-4H3;1H/q+1;/p-1. The number of carbonyl (C=O) groups is 1. The van der Waals surface area contributed by atoms with Gasteiger partial charge in [0.25, 0.3) is 0 Å². The van der Waals surface area contributed by atoms with Crippen LogP contribution in [0.1, 0.15) is 19.8 Å². The van der Waals surface area contributed by atoms with Gasteiger partial charge >= 0.3 is 5.97 Å². The lowest BCUT2D eigenvalue weighted by molar-refractivity contribution is -0.905. The van der Waals surface area contributed by atoms with Gasteiger partial charge in [-0.1, -0.05) is 0 Å².